The van der Waals surface area contributed by atoms with Crippen LogP contribution >= 0.6 is 0 Å². The second-order valence-electron chi connectivity index (χ2n) is 4.76. The van der Waals surface area contributed by atoms with Gasteiger partial charge in [-0.15, -0.1) is 0 Å². The lowest BCUT2D eigenvalue weighted by Crippen LogP contribution is -2.47. The predicted molar refractivity (Wildman–Crippen MR) is 70.4 cm³/mol. The number of hydrogen-bond donors (Lipinski definition) is 1. The zero-order chi connectivity index (χ0) is 13.1. The van der Waals surface area contributed by atoms with E-state index in [4.69, 9.17) is 0 Å². The van der Waals surface area contributed by atoms with Crippen LogP contribution in [0.3, 0.4) is 0 Å². The molecule has 3 nitrogen and oxygen atoms in total. The third kappa shape index (κ3) is 2.47. The summed E-state index contributed by atoms with van der Waals surface area (Å²) >= 11 is 0. The molecular formula is C14H19FN2O. The van der Waals surface area contributed by atoms with Crippen molar-refractivity contribution in [1.82, 2.24) is 5.32 Å². The molecule has 1 atom stereocenters. The molecule has 2 amide bonds. The van der Waals surface area contributed by atoms with E-state index in [-0.39, 0.29) is 17.9 Å². The molecule has 0 aromatic heterocycles. The quantitative estimate of drug-likeness (QED) is 0.859. The minimum atomic E-state index is -0.239. The van der Waals surface area contributed by atoms with Crippen molar-refractivity contribution in [3.63, 3.8) is 0 Å². The van der Waals surface area contributed by atoms with E-state index in [1.165, 1.54) is 12.1 Å². The number of nitrogens with zero attached hydrogens (tertiary/aromatic N) is 1. The number of aryl methyl sites for hydroxylation is 1. The normalized spacial score (nSPS) is 18.4. The molecule has 0 saturated carbocycles. The van der Waals surface area contributed by atoms with Crippen LogP contribution in [0, 0.1) is 5.82 Å². The van der Waals surface area contributed by atoms with Gasteiger partial charge in [-0.05, 0) is 49.9 Å². The van der Waals surface area contributed by atoms with Crippen LogP contribution in [0.1, 0.15) is 32.3 Å². The fourth-order valence-corrected chi connectivity index (χ4v) is 2.35. The highest BCUT2D eigenvalue weighted by Crippen LogP contribution is 2.31. The molecule has 1 aliphatic rings. The smallest absolute Gasteiger partial charge is 0.322 e. The summed E-state index contributed by atoms with van der Waals surface area (Å²) in [4.78, 5) is 13.9. The second-order valence-corrected chi connectivity index (χ2v) is 4.76. The fraction of sp³-hybridized carbons (Fsp3) is 0.500. The van der Waals surface area contributed by atoms with Crippen LogP contribution in [-0.2, 0) is 6.42 Å². The average molecular weight is 250 g/mol. The Morgan fingerprint density at radius 2 is 2.33 bits per heavy atom. The summed E-state index contributed by atoms with van der Waals surface area (Å²) in [6.07, 6.45) is 2.60. The van der Waals surface area contributed by atoms with Gasteiger partial charge >= 0.3 is 6.03 Å². The van der Waals surface area contributed by atoms with Gasteiger partial charge in [0.25, 0.3) is 0 Å². The lowest BCUT2D eigenvalue weighted by molar-refractivity contribution is 0.243. The molecule has 4 heteroatoms. The van der Waals surface area contributed by atoms with E-state index in [0.29, 0.717) is 6.54 Å². The molecule has 0 fully saturated rings. The van der Waals surface area contributed by atoms with E-state index < -0.39 is 0 Å². The van der Waals surface area contributed by atoms with Crippen molar-refractivity contribution >= 4 is 11.7 Å². The summed E-state index contributed by atoms with van der Waals surface area (Å²) in [7, 11) is 0. The van der Waals surface area contributed by atoms with Crippen molar-refractivity contribution in [1.29, 1.82) is 0 Å². The average Bonchev–Trinajstić information content (AvgIpc) is 2.36. The number of fused-ring (bicyclic) bond motifs is 1. The Balaban J connectivity index is 2.27. The van der Waals surface area contributed by atoms with E-state index in [1.54, 1.807) is 11.0 Å². The first-order chi connectivity index (χ1) is 8.63. The zero-order valence-electron chi connectivity index (χ0n) is 10.9. The maximum atomic E-state index is 13.2. The van der Waals surface area contributed by atoms with Crippen molar-refractivity contribution < 1.29 is 9.18 Å². The maximum Gasteiger partial charge on any atom is 0.322 e. The molecule has 1 N–H and O–H groups in total. The molecule has 1 aromatic carbocycles. The van der Waals surface area contributed by atoms with E-state index in [2.05, 4.69) is 5.32 Å². The topological polar surface area (TPSA) is 32.3 Å². The van der Waals surface area contributed by atoms with Crippen molar-refractivity contribution in [3.8, 4) is 0 Å². The van der Waals surface area contributed by atoms with Crippen LogP contribution in [0.5, 0.6) is 0 Å². The molecule has 2 rings (SSSR count). The fourth-order valence-electron chi connectivity index (χ4n) is 2.35. The molecule has 0 saturated heterocycles. The summed E-state index contributed by atoms with van der Waals surface area (Å²) in [5.41, 5.74) is 1.75. The Morgan fingerprint density at radius 1 is 1.56 bits per heavy atom. The van der Waals surface area contributed by atoms with Crippen LogP contribution in [0.15, 0.2) is 18.2 Å². The molecule has 1 aromatic rings. The SMILES string of the molecule is CCCNC(=O)N1c2ccc(F)cc2CC[C@H]1C. The lowest BCUT2D eigenvalue weighted by Gasteiger charge is -2.35. The van der Waals surface area contributed by atoms with Gasteiger partial charge in [0.2, 0.25) is 0 Å². The number of anilines is 1. The van der Waals surface area contributed by atoms with Gasteiger partial charge in [0.05, 0.1) is 0 Å². The third-order valence-electron chi connectivity index (χ3n) is 3.32. The first kappa shape index (κ1) is 12.9. The van der Waals surface area contributed by atoms with Gasteiger partial charge in [-0.25, -0.2) is 9.18 Å². The standard InChI is InChI=1S/C14H19FN2O/c1-3-8-16-14(18)17-10(2)4-5-11-9-12(15)6-7-13(11)17/h6-7,9-10H,3-5,8H2,1-2H3,(H,16,18)/t10-/m1/s1. The van der Waals surface area contributed by atoms with Gasteiger partial charge in [0.1, 0.15) is 5.82 Å². The molecule has 98 valence electrons. The molecule has 0 bridgehead atoms. The van der Waals surface area contributed by atoms with Crippen molar-refractivity contribution in [2.75, 3.05) is 11.4 Å². The highest BCUT2D eigenvalue weighted by atomic mass is 19.1. The highest BCUT2D eigenvalue weighted by molar-refractivity contribution is 5.93. The Morgan fingerprint density at radius 3 is 3.06 bits per heavy atom. The first-order valence-electron chi connectivity index (χ1n) is 6.49. The van der Waals surface area contributed by atoms with Gasteiger partial charge in [-0.3, -0.25) is 4.90 Å². The van der Waals surface area contributed by atoms with Gasteiger partial charge in [0, 0.05) is 18.3 Å². The molecule has 18 heavy (non-hydrogen) atoms. The Labute approximate surface area is 107 Å². The summed E-state index contributed by atoms with van der Waals surface area (Å²) < 4.78 is 13.2. The minimum absolute atomic E-state index is 0.0862. The Hall–Kier alpha value is -1.58. The van der Waals surface area contributed by atoms with Gasteiger partial charge in [0.15, 0.2) is 0 Å². The lowest BCUT2D eigenvalue weighted by atomic mass is 9.97. The highest BCUT2D eigenvalue weighted by Gasteiger charge is 2.28. The van der Waals surface area contributed by atoms with Gasteiger partial charge in [-0.1, -0.05) is 6.92 Å². The number of amides is 2. The van der Waals surface area contributed by atoms with Crippen LogP contribution in [0.2, 0.25) is 0 Å². The third-order valence-corrected chi connectivity index (χ3v) is 3.32. The number of nitrogens with one attached hydrogen (secondary N) is 1. The van der Waals surface area contributed by atoms with Crippen LogP contribution in [0.25, 0.3) is 0 Å². The minimum Gasteiger partial charge on any atom is -0.338 e. The maximum absolute atomic E-state index is 13.2. The Bertz CT molecular complexity index is 447. The first-order valence-corrected chi connectivity index (χ1v) is 6.49. The predicted octanol–water partition coefficient (Wildman–Crippen LogP) is 3.09. The number of rotatable bonds is 2. The van der Waals surface area contributed by atoms with Crippen molar-refractivity contribution in [2.45, 2.75) is 39.2 Å². The summed E-state index contributed by atoms with van der Waals surface area (Å²) in [6.45, 7) is 4.71. The van der Waals surface area contributed by atoms with Gasteiger partial charge < -0.3 is 5.32 Å². The van der Waals surface area contributed by atoms with Crippen molar-refractivity contribution in [3.05, 3.63) is 29.6 Å². The second kappa shape index (κ2) is 5.38. The number of benzene rings is 1. The molecular weight excluding hydrogens is 231 g/mol. The molecule has 1 heterocycles. The molecule has 0 aliphatic carbocycles. The number of carbonyl (C=O) groups is 1. The summed E-state index contributed by atoms with van der Waals surface area (Å²) in [6, 6.07) is 4.71. The zero-order valence-corrected chi connectivity index (χ0v) is 10.9. The number of urea groups is 1. The molecule has 0 unspecified atom stereocenters. The van der Waals surface area contributed by atoms with E-state index >= 15 is 0 Å². The molecule has 0 radical (unpaired) electrons. The number of halogens is 1. The van der Waals surface area contributed by atoms with E-state index in [9.17, 15) is 9.18 Å². The molecule has 0 spiro atoms. The molecule has 1 aliphatic heterocycles. The largest absolute Gasteiger partial charge is 0.338 e. The van der Waals surface area contributed by atoms with E-state index in [0.717, 1.165) is 30.5 Å². The monoisotopic (exact) mass is 250 g/mol. The van der Waals surface area contributed by atoms with E-state index in [1.807, 2.05) is 13.8 Å². The summed E-state index contributed by atoms with van der Waals surface area (Å²) in [5, 5.41) is 2.88. The summed E-state index contributed by atoms with van der Waals surface area (Å²) in [5.74, 6) is -0.239. The van der Waals surface area contributed by atoms with Crippen LogP contribution in [-0.4, -0.2) is 18.6 Å². The van der Waals surface area contributed by atoms with Crippen LogP contribution in [0.4, 0.5) is 14.9 Å². The van der Waals surface area contributed by atoms with Crippen molar-refractivity contribution in [2.24, 2.45) is 0 Å². The van der Waals surface area contributed by atoms with Gasteiger partial charge in [-0.2, -0.15) is 0 Å². The number of hydrogen-bond acceptors (Lipinski definition) is 1. The Kier molecular flexibility index (Phi) is 3.84. The number of carbonyl (C=O) groups excluding carboxylic acids is 1. The van der Waals surface area contributed by atoms with Crippen LogP contribution < -0.4 is 10.2 Å².